The van der Waals surface area contributed by atoms with E-state index in [1.54, 1.807) is 12.1 Å². The first-order chi connectivity index (χ1) is 15.1. The van der Waals surface area contributed by atoms with Gasteiger partial charge < -0.3 is 9.72 Å². The molecule has 0 saturated heterocycles. The van der Waals surface area contributed by atoms with E-state index in [0.29, 0.717) is 28.5 Å². The van der Waals surface area contributed by atoms with Gasteiger partial charge in [0.15, 0.2) is 5.16 Å². The molecule has 0 bridgehead atoms. The van der Waals surface area contributed by atoms with Crippen LogP contribution >= 0.6 is 23.1 Å². The number of aromatic amines is 1. The van der Waals surface area contributed by atoms with Crippen LogP contribution in [0.15, 0.2) is 64.5 Å². The highest BCUT2D eigenvalue weighted by Crippen LogP contribution is 2.36. The molecule has 0 atom stereocenters. The maximum atomic E-state index is 12.9. The third kappa shape index (κ3) is 4.73. The number of nitrogens with zero attached hydrogens (tertiary/aromatic N) is 1. The number of rotatable bonds is 7. The van der Waals surface area contributed by atoms with Crippen LogP contribution in [-0.2, 0) is 10.5 Å². The zero-order valence-corrected chi connectivity index (χ0v) is 18.9. The molecule has 2 heterocycles. The van der Waals surface area contributed by atoms with Gasteiger partial charge in [-0.1, -0.05) is 61.2 Å². The molecule has 1 N–H and O–H groups in total. The minimum Gasteiger partial charge on any atom is -0.462 e. The second kappa shape index (κ2) is 9.49. The lowest BCUT2D eigenvalue weighted by molar-refractivity contribution is 0.0505. The number of thioether (sulfide) groups is 1. The van der Waals surface area contributed by atoms with Crippen molar-refractivity contribution < 1.29 is 9.53 Å². The molecule has 158 valence electrons. The quantitative estimate of drug-likeness (QED) is 0.218. The van der Waals surface area contributed by atoms with Gasteiger partial charge in [0, 0.05) is 16.2 Å². The molecule has 0 unspecified atom stereocenters. The molecule has 0 fully saturated rings. The van der Waals surface area contributed by atoms with E-state index in [9.17, 15) is 9.59 Å². The first-order valence-electron chi connectivity index (χ1n) is 10.0. The van der Waals surface area contributed by atoms with Gasteiger partial charge in [-0.25, -0.2) is 9.78 Å². The van der Waals surface area contributed by atoms with Gasteiger partial charge in [0.25, 0.3) is 5.56 Å². The standard InChI is InChI=1S/C24H22N2O3S2/c1-3-13-29-23(28)18-11-9-16(10-12-18)14-30-24-25-21(27)20-19(15(2)31-22(20)26-24)17-7-5-4-6-8-17/h4-12H,3,13-14H2,1-2H3,(H,25,26,27). The number of ether oxygens (including phenoxy) is 1. The number of thiophene rings is 1. The van der Waals surface area contributed by atoms with E-state index in [1.165, 1.54) is 23.1 Å². The number of nitrogens with one attached hydrogen (secondary N) is 1. The average Bonchev–Trinajstić information content (AvgIpc) is 3.13. The normalized spacial score (nSPS) is 11.0. The van der Waals surface area contributed by atoms with E-state index in [1.807, 2.05) is 56.3 Å². The monoisotopic (exact) mass is 450 g/mol. The van der Waals surface area contributed by atoms with Crippen molar-refractivity contribution in [2.75, 3.05) is 6.61 Å². The van der Waals surface area contributed by atoms with Crippen LogP contribution in [0.2, 0.25) is 0 Å². The zero-order chi connectivity index (χ0) is 21.8. The molecule has 4 aromatic rings. The van der Waals surface area contributed by atoms with Crippen LogP contribution < -0.4 is 5.56 Å². The molecule has 0 aliphatic carbocycles. The number of fused-ring (bicyclic) bond motifs is 1. The number of hydrogen-bond donors (Lipinski definition) is 1. The van der Waals surface area contributed by atoms with Crippen LogP contribution in [0.3, 0.4) is 0 Å². The van der Waals surface area contributed by atoms with Gasteiger partial charge in [-0.15, -0.1) is 11.3 Å². The Morgan fingerprint density at radius 3 is 2.58 bits per heavy atom. The van der Waals surface area contributed by atoms with Crippen molar-refractivity contribution in [2.45, 2.75) is 31.2 Å². The van der Waals surface area contributed by atoms with Gasteiger partial charge in [0.05, 0.1) is 17.6 Å². The highest BCUT2D eigenvalue weighted by atomic mass is 32.2. The van der Waals surface area contributed by atoms with Gasteiger partial charge >= 0.3 is 5.97 Å². The third-order valence-electron chi connectivity index (χ3n) is 4.78. The van der Waals surface area contributed by atoms with Crippen LogP contribution in [0.4, 0.5) is 0 Å². The predicted octanol–water partition coefficient (Wildman–Crippen LogP) is 5.82. The molecule has 0 aliphatic rings. The van der Waals surface area contributed by atoms with Crippen LogP contribution in [0.5, 0.6) is 0 Å². The maximum absolute atomic E-state index is 12.9. The number of benzene rings is 2. The van der Waals surface area contributed by atoms with Gasteiger partial charge in [-0.2, -0.15) is 0 Å². The molecule has 31 heavy (non-hydrogen) atoms. The van der Waals surface area contributed by atoms with E-state index in [0.717, 1.165) is 32.8 Å². The molecule has 0 radical (unpaired) electrons. The highest BCUT2D eigenvalue weighted by molar-refractivity contribution is 7.98. The summed E-state index contributed by atoms with van der Waals surface area (Å²) in [6.45, 7) is 4.41. The Kier molecular flexibility index (Phi) is 6.53. The molecule has 5 nitrogen and oxygen atoms in total. The lowest BCUT2D eigenvalue weighted by atomic mass is 10.0. The van der Waals surface area contributed by atoms with Crippen molar-refractivity contribution >= 4 is 39.3 Å². The first kappa shape index (κ1) is 21.3. The van der Waals surface area contributed by atoms with E-state index < -0.39 is 0 Å². The summed E-state index contributed by atoms with van der Waals surface area (Å²) in [5, 5.41) is 1.23. The fourth-order valence-electron chi connectivity index (χ4n) is 3.29. The summed E-state index contributed by atoms with van der Waals surface area (Å²) >= 11 is 3.00. The topological polar surface area (TPSA) is 72.0 Å². The number of carbonyl (C=O) groups is 1. The SMILES string of the molecule is CCCOC(=O)c1ccc(CSc2nc3sc(C)c(-c4ccccc4)c3c(=O)[nH]2)cc1. The summed E-state index contributed by atoms with van der Waals surface area (Å²) in [5.41, 5.74) is 3.43. The summed E-state index contributed by atoms with van der Waals surface area (Å²) in [6.07, 6.45) is 0.798. The maximum Gasteiger partial charge on any atom is 0.338 e. The Bertz CT molecular complexity index is 1260. The molecular formula is C24H22N2O3S2. The minimum absolute atomic E-state index is 0.121. The average molecular weight is 451 g/mol. The molecule has 0 saturated carbocycles. The molecule has 0 aliphatic heterocycles. The minimum atomic E-state index is -0.306. The van der Waals surface area contributed by atoms with E-state index in [4.69, 9.17) is 4.74 Å². The van der Waals surface area contributed by atoms with Gasteiger partial charge in [0.2, 0.25) is 0 Å². The Morgan fingerprint density at radius 2 is 1.87 bits per heavy atom. The summed E-state index contributed by atoms with van der Waals surface area (Å²) in [5.74, 6) is 0.328. The van der Waals surface area contributed by atoms with E-state index in [2.05, 4.69) is 9.97 Å². The smallest absolute Gasteiger partial charge is 0.338 e. The highest BCUT2D eigenvalue weighted by Gasteiger charge is 2.16. The fourth-order valence-corrected chi connectivity index (χ4v) is 5.21. The molecule has 2 aromatic carbocycles. The van der Waals surface area contributed by atoms with Gasteiger partial charge in [0.1, 0.15) is 4.83 Å². The molecule has 7 heteroatoms. The lowest BCUT2D eigenvalue weighted by Crippen LogP contribution is -2.08. The van der Waals surface area contributed by atoms with Crippen molar-refractivity contribution in [1.29, 1.82) is 0 Å². The summed E-state index contributed by atoms with van der Waals surface area (Å²) in [6, 6.07) is 17.3. The largest absolute Gasteiger partial charge is 0.462 e. The number of hydrogen-bond acceptors (Lipinski definition) is 6. The number of esters is 1. The molecule has 4 rings (SSSR count). The second-order valence-corrected chi connectivity index (χ2v) is 9.24. The lowest BCUT2D eigenvalue weighted by Gasteiger charge is -2.05. The Morgan fingerprint density at radius 1 is 1.13 bits per heavy atom. The third-order valence-corrected chi connectivity index (χ3v) is 6.72. The molecular weight excluding hydrogens is 428 g/mol. The van der Waals surface area contributed by atoms with Crippen molar-refractivity contribution in [1.82, 2.24) is 9.97 Å². The van der Waals surface area contributed by atoms with Crippen LogP contribution in [0.1, 0.15) is 34.1 Å². The summed E-state index contributed by atoms with van der Waals surface area (Å²) in [4.78, 5) is 34.2. The Labute approximate surface area is 188 Å². The van der Waals surface area contributed by atoms with Crippen molar-refractivity contribution in [3.05, 3.63) is 81.0 Å². The molecule has 0 amide bonds. The van der Waals surface area contributed by atoms with Crippen molar-refractivity contribution in [2.24, 2.45) is 0 Å². The second-order valence-electron chi connectivity index (χ2n) is 7.07. The van der Waals surface area contributed by atoms with Gasteiger partial charge in [-0.05, 0) is 36.6 Å². The van der Waals surface area contributed by atoms with Crippen LogP contribution in [0.25, 0.3) is 21.3 Å². The van der Waals surface area contributed by atoms with Crippen molar-refractivity contribution in [3.63, 3.8) is 0 Å². The fraction of sp³-hybridized carbons (Fsp3) is 0.208. The Balaban J connectivity index is 1.52. The number of aromatic nitrogens is 2. The van der Waals surface area contributed by atoms with Crippen molar-refractivity contribution in [3.8, 4) is 11.1 Å². The van der Waals surface area contributed by atoms with E-state index >= 15 is 0 Å². The molecule has 2 aromatic heterocycles. The number of aryl methyl sites for hydroxylation is 1. The van der Waals surface area contributed by atoms with Crippen LogP contribution in [-0.4, -0.2) is 22.5 Å². The zero-order valence-electron chi connectivity index (χ0n) is 17.3. The number of H-pyrrole nitrogens is 1. The summed E-state index contributed by atoms with van der Waals surface area (Å²) in [7, 11) is 0. The summed E-state index contributed by atoms with van der Waals surface area (Å²) < 4.78 is 5.15. The molecule has 0 spiro atoms. The van der Waals surface area contributed by atoms with E-state index in [-0.39, 0.29) is 11.5 Å². The Hall–Kier alpha value is -2.90. The number of carbonyl (C=O) groups excluding carboxylic acids is 1. The predicted molar refractivity (Wildman–Crippen MR) is 127 cm³/mol. The van der Waals surface area contributed by atoms with Crippen LogP contribution in [0, 0.1) is 6.92 Å². The van der Waals surface area contributed by atoms with Gasteiger partial charge in [-0.3, -0.25) is 4.79 Å². The first-order valence-corrected chi connectivity index (χ1v) is 11.8.